The Balaban J connectivity index is 2.57. The summed E-state index contributed by atoms with van der Waals surface area (Å²) in [4.78, 5) is 24.4. The third-order valence-electron chi connectivity index (χ3n) is 3.77. The Bertz CT molecular complexity index is 288. The van der Waals surface area contributed by atoms with E-state index in [1.807, 2.05) is 0 Å². The van der Waals surface area contributed by atoms with Gasteiger partial charge in [0.2, 0.25) is 5.91 Å². The number of hydrogen-bond acceptors (Lipinski definition) is 2. The smallest absolute Gasteiger partial charge is 0.315 e. The SMILES string of the molecule is CC(C(=O)O)C(=O)N1CCCC(C(C)C)CC1. The Hall–Kier alpha value is -1.06. The molecule has 1 fully saturated rings. The Morgan fingerprint density at radius 1 is 1.18 bits per heavy atom. The highest BCUT2D eigenvalue weighted by Gasteiger charge is 2.28. The fourth-order valence-corrected chi connectivity index (χ4v) is 2.39. The molecule has 2 unspecified atom stereocenters. The van der Waals surface area contributed by atoms with Gasteiger partial charge < -0.3 is 10.0 Å². The summed E-state index contributed by atoms with van der Waals surface area (Å²) < 4.78 is 0. The number of hydrogen-bond donors (Lipinski definition) is 1. The van der Waals surface area contributed by atoms with Crippen molar-refractivity contribution < 1.29 is 14.7 Å². The lowest BCUT2D eigenvalue weighted by atomic mass is 9.89. The van der Waals surface area contributed by atoms with Crippen LogP contribution in [0.2, 0.25) is 0 Å². The zero-order valence-electron chi connectivity index (χ0n) is 11.0. The molecule has 2 atom stereocenters. The third-order valence-corrected chi connectivity index (χ3v) is 3.77. The highest BCUT2D eigenvalue weighted by molar-refractivity contribution is 5.96. The maximum Gasteiger partial charge on any atom is 0.315 e. The molecule has 0 bridgehead atoms. The molecule has 0 aliphatic carbocycles. The largest absolute Gasteiger partial charge is 0.481 e. The first-order valence-electron chi connectivity index (χ1n) is 6.45. The van der Waals surface area contributed by atoms with E-state index in [1.165, 1.54) is 6.92 Å². The van der Waals surface area contributed by atoms with Crippen molar-refractivity contribution in [1.82, 2.24) is 4.90 Å². The Morgan fingerprint density at radius 2 is 1.82 bits per heavy atom. The summed E-state index contributed by atoms with van der Waals surface area (Å²) in [6, 6.07) is 0. The molecule has 0 aromatic heterocycles. The number of carbonyl (C=O) groups excluding carboxylic acids is 1. The number of amides is 1. The van der Waals surface area contributed by atoms with Gasteiger partial charge in [-0.15, -0.1) is 0 Å². The number of likely N-dealkylation sites (tertiary alicyclic amines) is 1. The first-order valence-corrected chi connectivity index (χ1v) is 6.45. The van der Waals surface area contributed by atoms with Gasteiger partial charge in [0, 0.05) is 13.1 Å². The van der Waals surface area contributed by atoms with Crippen molar-refractivity contribution in [3.8, 4) is 0 Å². The molecular weight excluding hydrogens is 218 g/mol. The minimum absolute atomic E-state index is 0.234. The van der Waals surface area contributed by atoms with Crippen molar-refractivity contribution in [2.24, 2.45) is 17.8 Å². The quantitative estimate of drug-likeness (QED) is 0.769. The number of carbonyl (C=O) groups is 2. The standard InChI is InChI=1S/C13H23NO3/c1-9(2)11-5-4-7-14(8-6-11)12(15)10(3)13(16)17/h9-11H,4-8H2,1-3H3,(H,16,17). The summed E-state index contributed by atoms with van der Waals surface area (Å²) in [6.45, 7) is 7.30. The molecule has 0 aromatic rings. The fraction of sp³-hybridized carbons (Fsp3) is 0.846. The lowest BCUT2D eigenvalue weighted by Gasteiger charge is -2.23. The highest BCUT2D eigenvalue weighted by Crippen LogP contribution is 2.25. The molecule has 0 radical (unpaired) electrons. The van der Waals surface area contributed by atoms with Crippen molar-refractivity contribution in [3.63, 3.8) is 0 Å². The molecule has 17 heavy (non-hydrogen) atoms. The van der Waals surface area contributed by atoms with Crippen LogP contribution in [-0.4, -0.2) is 35.0 Å². The summed E-state index contributed by atoms with van der Waals surface area (Å²) in [5, 5.41) is 8.85. The predicted molar refractivity (Wildman–Crippen MR) is 65.6 cm³/mol. The van der Waals surface area contributed by atoms with Crippen LogP contribution in [0.1, 0.15) is 40.0 Å². The van der Waals surface area contributed by atoms with Gasteiger partial charge >= 0.3 is 5.97 Å². The van der Waals surface area contributed by atoms with Crippen molar-refractivity contribution in [1.29, 1.82) is 0 Å². The molecule has 1 aliphatic heterocycles. The van der Waals surface area contributed by atoms with Crippen LogP contribution >= 0.6 is 0 Å². The summed E-state index contributed by atoms with van der Waals surface area (Å²) in [7, 11) is 0. The van der Waals surface area contributed by atoms with Crippen LogP contribution in [0.5, 0.6) is 0 Å². The molecule has 4 heteroatoms. The molecular formula is C13H23NO3. The second kappa shape index (κ2) is 6.03. The average molecular weight is 241 g/mol. The molecule has 4 nitrogen and oxygen atoms in total. The first-order chi connectivity index (χ1) is 7.93. The van der Waals surface area contributed by atoms with Gasteiger partial charge in [0.25, 0.3) is 0 Å². The molecule has 0 aromatic carbocycles. The second-order valence-corrected chi connectivity index (χ2v) is 5.32. The van der Waals surface area contributed by atoms with Gasteiger partial charge in [-0.1, -0.05) is 13.8 Å². The molecule has 0 spiro atoms. The maximum atomic E-state index is 11.9. The van der Waals surface area contributed by atoms with Crippen LogP contribution in [0.25, 0.3) is 0 Å². The van der Waals surface area contributed by atoms with Gasteiger partial charge in [-0.05, 0) is 38.0 Å². The number of carboxylic acid groups (broad SMARTS) is 1. The van der Waals surface area contributed by atoms with E-state index in [0.717, 1.165) is 19.3 Å². The van der Waals surface area contributed by atoms with Crippen molar-refractivity contribution in [3.05, 3.63) is 0 Å². The number of rotatable bonds is 3. The van der Waals surface area contributed by atoms with Gasteiger partial charge in [-0.3, -0.25) is 9.59 Å². The molecule has 0 saturated carbocycles. The van der Waals surface area contributed by atoms with E-state index in [4.69, 9.17) is 5.11 Å². The van der Waals surface area contributed by atoms with Gasteiger partial charge in [-0.25, -0.2) is 0 Å². The molecule has 1 rings (SSSR count). The van der Waals surface area contributed by atoms with Gasteiger partial charge in [0.15, 0.2) is 0 Å². The van der Waals surface area contributed by atoms with Crippen molar-refractivity contribution >= 4 is 11.9 Å². The minimum atomic E-state index is -1.03. The van der Waals surface area contributed by atoms with E-state index in [2.05, 4.69) is 13.8 Å². The van der Waals surface area contributed by atoms with Gasteiger partial charge in [0.05, 0.1) is 0 Å². The van der Waals surface area contributed by atoms with Crippen molar-refractivity contribution in [2.75, 3.05) is 13.1 Å². The zero-order chi connectivity index (χ0) is 13.0. The number of aliphatic carboxylic acids is 1. The van der Waals surface area contributed by atoms with Gasteiger partial charge in [0.1, 0.15) is 5.92 Å². The van der Waals surface area contributed by atoms with Crippen molar-refractivity contribution in [2.45, 2.75) is 40.0 Å². The molecule has 1 saturated heterocycles. The molecule has 1 heterocycles. The lowest BCUT2D eigenvalue weighted by Crippen LogP contribution is -2.38. The summed E-state index contributed by atoms with van der Waals surface area (Å²) >= 11 is 0. The average Bonchev–Trinajstić information content (AvgIpc) is 2.52. The number of carboxylic acids is 1. The maximum absolute atomic E-state index is 11.9. The van der Waals surface area contributed by atoms with E-state index in [9.17, 15) is 9.59 Å². The first kappa shape index (κ1) is 14.0. The number of nitrogens with zero attached hydrogens (tertiary/aromatic N) is 1. The normalized spacial score (nSPS) is 23.3. The van der Waals surface area contributed by atoms with E-state index in [0.29, 0.717) is 24.9 Å². The van der Waals surface area contributed by atoms with Crippen LogP contribution in [-0.2, 0) is 9.59 Å². The third kappa shape index (κ3) is 3.72. The molecule has 98 valence electrons. The minimum Gasteiger partial charge on any atom is -0.481 e. The predicted octanol–water partition coefficient (Wildman–Crippen LogP) is 1.99. The Morgan fingerprint density at radius 3 is 2.35 bits per heavy atom. The summed E-state index contributed by atoms with van der Waals surface area (Å²) in [5.74, 6) is -0.873. The van der Waals surface area contributed by atoms with Crippen LogP contribution < -0.4 is 0 Å². The summed E-state index contributed by atoms with van der Waals surface area (Å²) in [5.41, 5.74) is 0. The molecule has 1 N–H and O–H groups in total. The van der Waals surface area contributed by atoms with E-state index in [1.54, 1.807) is 4.90 Å². The van der Waals surface area contributed by atoms with E-state index >= 15 is 0 Å². The Labute approximate surface area is 103 Å². The molecule has 1 amide bonds. The topological polar surface area (TPSA) is 57.6 Å². The van der Waals surface area contributed by atoms with Crippen LogP contribution in [0, 0.1) is 17.8 Å². The van der Waals surface area contributed by atoms with Crippen LogP contribution in [0.3, 0.4) is 0 Å². The zero-order valence-corrected chi connectivity index (χ0v) is 11.0. The second-order valence-electron chi connectivity index (χ2n) is 5.32. The highest BCUT2D eigenvalue weighted by atomic mass is 16.4. The summed E-state index contributed by atoms with van der Waals surface area (Å²) in [6.07, 6.45) is 3.12. The fourth-order valence-electron chi connectivity index (χ4n) is 2.39. The van der Waals surface area contributed by atoms with E-state index < -0.39 is 11.9 Å². The monoisotopic (exact) mass is 241 g/mol. The van der Waals surface area contributed by atoms with Crippen LogP contribution in [0.4, 0.5) is 0 Å². The Kier molecular flexibility index (Phi) is 4.97. The lowest BCUT2D eigenvalue weighted by molar-refractivity contribution is -0.150. The van der Waals surface area contributed by atoms with Crippen LogP contribution in [0.15, 0.2) is 0 Å². The molecule has 1 aliphatic rings. The van der Waals surface area contributed by atoms with E-state index in [-0.39, 0.29) is 5.91 Å². The van der Waals surface area contributed by atoms with Gasteiger partial charge in [-0.2, -0.15) is 0 Å².